The van der Waals surface area contributed by atoms with Crippen LogP contribution in [-0.4, -0.2) is 19.5 Å². The van der Waals surface area contributed by atoms with E-state index in [0.717, 1.165) is 47.1 Å². The molecule has 1 aliphatic rings. The molecule has 180 valence electrons. The zero-order valence-corrected chi connectivity index (χ0v) is 19.1. The summed E-state index contributed by atoms with van der Waals surface area (Å²) in [7, 11) is 0. The molecule has 0 bridgehead atoms. The Balaban J connectivity index is 1.51. The van der Waals surface area contributed by atoms with Crippen LogP contribution in [0.2, 0.25) is 0 Å². The summed E-state index contributed by atoms with van der Waals surface area (Å²) in [5.74, 6) is 0.864. The molecule has 36 heavy (non-hydrogen) atoms. The second-order valence-corrected chi connectivity index (χ2v) is 8.86. The van der Waals surface area contributed by atoms with Gasteiger partial charge in [-0.2, -0.15) is 23.1 Å². The van der Waals surface area contributed by atoms with Crippen LogP contribution in [0.3, 0.4) is 0 Å². The predicted molar refractivity (Wildman–Crippen MR) is 128 cm³/mol. The van der Waals surface area contributed by atoms with Crippen LogP contribution < -0.4 is 5.69 Å². The summed E-state index contributed by atoms with van der Waals surface area (Å²) in [5, 5.41) is 1.91. The van der Waals surface area contributed by atoms with Crippen molar-refractivity contribution in [2.75, 3.05) is 0 Å². The molecule has 5 aromatic rings. The topological polar surface area (TPSA) is 73.8 Å². The summed E-state index contributed by atoms with van der Waals surface area (Å²) < 4.78 is 46.7. The standard InChI is InChI=1S/C27H19F3N4O2/c1-15-21-9-6-19(14-18(21)10-12-31-15)25-33-24(34-13-11-22(16-2-3-16)32-26(34)35)23(36-25)17-4-7-20(8-5-17)27(28,29)30/h4-14,16H,2-3H2,1H3. The van der Waals surface area contributed by atoms with Crippen molar-refractivity contribution in [1.29, 1.82) is 0 Å². The Morgan fingerprint density at radius 2 is 1.72 bits per heavy atom. The van der Waals surface area contributed by atoms with Crippen LogP contribution >= 0.6 is 0 Å². The highest BCUT2D eigenvalue weighted by Crippen LogP contribution is 2.39. The Labute approximate surface area is 203 Å². The number of aromatic nitrogens is 4. The van der Waals surface area contributed by atoms with Gasteiger partial charge in [0.25, 0.3) is 0 Å². The molecule has 0 unspecified atom stereocenters. The molecule has 0 atom stereocenters. The van der Waals surface area contributed by atoms with E-state index in [1.807, 2.05) is 31.2 Å². The molecule has 0 spiro atoms. The lowest BCUT2D eigenvalue weighted by molar-refractivity contribution is -0.137. The monoisotopic (exact) mass is 488 g/mol. The van der Waals surface area contributed by atoms with Crippen LogP contribution in [0.4, 0.5) is 13.2 Å². The molecular formula is C27H19F3N4O2. The minimum absolute atomic E-state index is 0.163. The Bertz CT molecular complexity index is 1670. The maximum absolute atomic E-state index is 13.1. The first-order valence-corrected chi connectivity index (χ1v) is 11.4. The van der Waals surface area contributed by atoms with Crippen LogP contribution in [-0.2, 0) is 6.18 Å². The maximum atomic E-state index is 13.1. The van der Waals surface area contributed by atoms with Gasteiger partial charge in [-0.3, -0.25) is 4.98 Å². The highest BCUT2D eigenvalue weighted by atomic mass is 19.4. The summed E-state index contributed by atoms with van der Waals surface area (Å²) in [6.45, 7) is 1.92. The Morgan fingerprint density at radius 1 is 0.972 bits per heavy atom. The van der Waals surface area contributed by atoms with E-state index in [9.17, 15) is 18.0 Å². The van der Waals surface area contributed by atoms with E-state index in [0.29, 0.717) is 17.0 Å². The van der Waals surface area contributed by atoms with E-state index in [1.54, 1.807) is 18.5 Å². The van der Waals surface area contributed by atoms with E-state index in [2.05, 4.69) is 15.0 Å². The molecule has 0 radical (unpaired) electrons. The summed E-state index contributed by atoms with van der Waals surface area (Å²) >= 11 is 0. The van der Waals surface area contributed by atoms with Crippen molar-refractivity contribution in [1.82, 2.24) is 19.5 Å². The van der Waals surface area contributed by atoms with E-state index < -0.39 is 17.4 Å². The molecule has 0 saturated heterocycles. The van der Waals surface area contributed by atoms with Gasteiger partial charge in [-0.15, -0.1) is 0 Å². The SMILES string of the molecule is Cc1nccc2cc(-c3nc(-n4ccc(C5CC5)nc4=O)c(-c4ccc(C(F)(F)F)cc4)o3)ccc12. The zero-order valence-electron chi connectivity index (χ0n) is 19.1. The second-order valence-electron chi connectivity index (χ2n) is 8.86. The summed E-state index contributed by atoms with van der Waals surface area (Å²) in [6, 6.07) is 13.9. The number of nitrogens with zero attached hydrogens (tertiary/aromatic N) is 4. The number of hydrogen-bond donors (Lipinski definition) is 0. The number of benzene rings is 2. The second kappa shape index (κ2) is 8.15. The molecule has 6 rings (SSSR count). The minimum Gasteiger partial charge on any atom is -0.434 e. The first kappa shape index (κ1) is 22.2. The quantitative estimate of drug-likeness (QED) is 0.297. The average Bonchev–Trinajstić information content (AvgIpc) is 3.62. The van der Waals surface area contributed by atoms with Crippen molar-refractivity contribution in [2.45, 2.75) is 31.9 Å². The van der Waals surface area contributed by atoms with Gasteiger partial charge in [0.15, 0.2) is 11.6 Å². The summed E-state index contributed by atoms with van der Waals surface area (Å²) in [6.07, 6.45) is 0.832. The Hall–Kier alpha value is -4.27. The molecule has 1 fully saturated rings. The third-order valence-corrected chi connectivity index (χ3v) is 6.34. The number of halogens is 3. The zero-order chi connectivity index (χ0) is 25.0. The molecule has 0 N–H and O–H groups in total. The first-order chi connectivity index (χ1) is 17.3. The number of hydrogen-bond acceptors (Lipinski definition) is 5. The normalized spacial score (nSPS) is 13.9. The van der Waals surface area contributed by atoms with Gasteiger partial charge < -0.3 is 4.42 Å². The van der Waals surface area contributed by atoms with E-state index in [-0.39, 0.29) is 17.5 Å². The number of alkyl halides is 3. The van der Waals surface area contributed by atoms with Crippen LogP contribution in [0.5, 0.6) is 0 Å². The fourth-order valence-corrected chi connectivity index (χ4v) is 4.24. The third kappa shape index (κ3) is 3.96. The average molecular weight is 488 g/mol. The first-order valence-electron chi connectivity index (χ1n) is 11.4. The minimum atomic E-state index is -4.47. The fourth-order valence-electron chi connectivity index (χ4n) is 4.24. The van der Waals surface area contributed by atoms with Gasteiger partial charge in [0.05, 0.1) is 11.3 Å². The van der Waals surface area contributed by atoms with Crippen molar-refractivity contribution in [3.63, 3.8) is 0 Å². The maximum Gasteiger partial charge on any atom is 0.416 e. The van der Waals surface area contributed by atoms with Crippen molar-refractivity contribution in [2.24, 2.45) is 0 Å². The van der Waals surface area contributed by atoms with E-state index >= 15 is 0 Å². The van der Waals surface area contributed by atoms with Crippen molar-refractivity contribution in [3.05, 3.63) is 94.4 Å². The lowest BCUT2D eigenvalue weighted by Gasteiger charge is -2.08. The molecule has 3 aromatic heterocycles. The van der Waals surface area contributed by atoms with Gasteiger partial charge in [-0.1, -0.05) is 18.2 Å². The smallest absolute Gasteiger partial charge is 0.416 e. The molecular weight excluding hydrogens is 469 g/mol. The van der Waals surface area contributed by atoms with Crippen LogP contribution in [0.15, 0.2) is 76.2 Å². The van der Waals surface area contributed by atoms with Gasteiger partial charge in [-0.05, 0) is 61.5 Å². The largest absolute Gasteiger partial charge is 0.434 e. The van der Waals surface area contributed by atoms with Gasteiger partial charge in [0, 0.05) is 40.5 Å². The van der Waals surface area contributed by atoms with E-state index in [4.69, 9.17) is 4.42 Å². The number of rotatable bonds is 4. The molecule has 3 heterocycles. The van der Waals surface area contributed by atoms with Crippen LogP contribution in [0, 0.1) is 6.92 Å². The molecule has 0 aliphatic heterocycles. The number of oxazole rings is 1. The van der Waals surface area contributed by atoms with Gasteiger partial charge in [0.1, 0.15) is 0 Å². The lowest BCUT2D eigenvalue weighted by atomic mass is 10.1. The van der Waals surface area contributed by atoms with Crippen LogP contribution in [0.1, 0.15) is 35.7 Å². The highest BCUT2D eigenvalue weighted by molar-refractivity contribution is 5.88. The lowest BCUT2D eigenvalue weighted by Crippen LogP contribution is -2.22. The van der Waals surface area contributed by atoms with Gasteiger partial charge in [-0.25, -0.2) is 9.36 Å². The Kier molecular flexibility index (Phi) is 5.03. The van der Waals surface area contributed by atoms with Crippen molar-refractivity contribution in [3.8, 4) is 28.6 Å². The van der Waals surface area contributed by atoms with E-state index in [1.165, 1.54) is 16.7 Å². The summed E-state index contributed by atoms with van der Waals surface area (Å²) in [5.41, 5.74) is 1.32. The van der Waals surface area contributed by atoms with Crippen molar-refractivity contribution >= 4 is 10.8 Å². The molecule has 1 saturated carbocycles. The fraction of sp³-hybridized carbons (Fsp3) is 0.185. The van der Waals surface area contributed by atoms with Gasteiger partial charge in [0.2, 0.25) is 5.89 Å². The molecule has 0 amide bonds. The Morgan fingerprint density at radius 3 is 2.42 bits per heavy atom. The predicted octanol–water partition coefficient (Wildman–Crippen LogP) is 6.31. The number of pyridine rings is 1. The number of fused-ring (bicyclic) bond motifs is 1. The molecule has 1 aliphatic carbocycles. The summed E-state index contributed by atoms with van der Waals surface area (Å²) in [4.78, 5) is 26.0. The van der Waals surface area contributed by atoms with Crippen LogP contribution in [0.25, 0.3) is 39.4 Å². The number of aryl methyl sites for hydroxylation is 1. The third-order valence-electron chi connectivity index (χ3n) is 6.34. The highest BCUT2D eigenvalue weighted by Gasteiger charge is 2.31. The molecule has 9 heteroatoms. The molecule has 2 aromatic carbocycles. The van der Waals surface area contributed by atoms with Gasteiger partial charge >= 0.3 is 11.9 Å². The molecule has 6 nitrogen and oxygen atoms in total. The van der Waals surface area contributed by atoms with Crippen molar-refractivity contribution < 1.29 is 17.6 Å².